The average molecular weight is 810 g/mol. The Hall–Kier alpha value is -3.88. The van der Waals surface area contributed by atoms with Gasteiger partial charge in [0.25, 0.3) is 0 Å². The van der Waals surface area contributed by atoms with Crippen LogP contribution in [0.4, 0.5) is 0 Å². The molecular weight excluding hydrogens is 746 g/mol. The number of rotatable bonds is 7. The van der Waals surface area contributed by atoms with Crippen molar-refractivity contribution in [3.05, 3.63) is 70.6 Å². The summed E-state index contributed by atoms with van der Waals surface area (Å²) >= 11 is 0. The van der Waals surface area contributed by atoms with Gasteiger partial charge in [0.2, 0.25) is 0 Å². The summed E-state index contributed by atoms with van der Waals surface area (Å²) in [4.78, 5) is 40.6. The van der Waals surface area contributed by atoms with Crippen LogP contribution < -0.4 is 4.74 Å². The maximum absolute atomic E-state index is 14.4. The topological polar surface area (TPSA) is 162 Å². The number of Topliss-reactive ketones (excluding diaryl/α,β-unsaturated/α-hetero) is 1. The lowest BCUT2D eigenvalue weighted by molar-refractivity contribution is -0.299. The molecule has 4 heterocycles. The number of esters is 2. The summed E-state index contributed by atoms with van der Waals surface area (Å²) in [6.07, 6.45) is 2.50. The number of hydrogen-bond donors (Lipinski definition) is 1. The highest BCUT2D eigenvalue weighted by molar-refractivity contribution is 5.83. The number of hydrogen-bond acceptors (Lipinski definition) is 13. The molecule has 1 unspecified atom stereocenters. The standard InChI is InChI=1S/C45H63NO12/c1-26(2)18-35-23-41-29(5)40(55-35)22-33-21-39(58-46-33)27(3)10-15-36(47)28(4)37(48)16-17-38(54-25-31-11-13-34(51-7)14-12-31)42-19-32(20-43(49)52-8)24-45(53-9,57-42)30(6)44(50)56-41/h11-14,18,20-21,27-30,35,37-38,40-42,48H,10,15-17,19,22-25H2,1-9H3/b32-20+/t27-,28+,29-,30-,35-,37-,38-,40+,41+,42?,45+/m1/s1. The van der Waals surface area contributed by atoms with Gasteiger partial charge in [0.15, 0.2) is 5.79 Å². The molecule has 1 aromatic heterocycles. The first-order valence-electron chi connectivity index (χ1n) is 20.6. The van der Waals surface area contributed by atoms with Crippen molar-refractivity contribution in [2.75, 3.05) is 21.3 Å². The molecule has 2 saturated heterocycles. The van der Waals surface area contributed by atoms with Crippen LogP contribution in [0.2, 0.25) is 0 Å². The van der Waals surface area contributed by atoms with E-state index in [1.165, 1.54) is 20.3 Å². The Labute approximate surface area is 342 Å². The van der Waals surface area contributed by atoms with E-state index in [1.807, 2.05) is 64.1 Å². The molecule has 3 aliphatic heterocycles. The van der Waals surface area contributed by atoms with Crippen molar-refractivity contribution in [2.45, 2.75) is 148 Å². The molecule has 13 heteroatoms. The van der Waals surface area contributed by atoms with Crippen molar-refractivity contribution >= 4 is 17.7 Å². The molecule has 2 fully saturated rings. The second kappa shape index (κ2) is 20.4. The molecule has 1 aromatic carbocycles. The van der Waals surface area contributed by atoms with Gasteiger partial charge in [0.1, 0.15) is 29.3 Å². The molecule has 0 saturated carbocycles. The van der Waals surface area contributed by atoms with Gasteiger partial charge >= 0.3 is 11.9 Å². The van der Waals surface area contributed by atoms with E-state index >= 15 is 0 Å². The van der Waals surface area contributed by atoms with E-state index in [4.69, 9.17) is 37.7 Å². The predicted molar refractivity (Wildman–Crippen MR) is 214 cm³/mol. The van der Waals surface area contributed by atoms with Gasteiger partial charge in [-0.15, -0.1) is 0 Å². The van der Waals surface area contributed by atoms with Gasteiger partial charge in [0.05, 0.1) is 57.0 Å². The number of carbonyl (C=O) groups is 3. The lowest BCUT2D eigenvalue weighted by Gasteiger charge is -2.46. The third kappa shape index (κ3) is 11.4. The second-order valence-electron chi connectivity index (χ2n) is 16.6. The lowest BCUT2D eigenvalue weighted by Crippen LogP contribution is -2.55. The second-order valence-corrected chi connectivity index (χ2v) is 16.6. The van der Waals surface area contributed by atoms with Crippen LogP contribution in [-0.2, 0) is 55.8 Å². The zero-order chi connectivity index (χ0) is 42.1. The third-order valence-corrected chi connectivity index (χ3v) is 12.1. The zero-order valence-corrected chi connectivity index (χ0v) is 35.6. The molecule has 0 aliphatic carbocycles. The van der Waals surface area contributed by atoms with Gasteiger partial charge in [-0.25, -0.2) is 4.79 Å². The Morgan fingerprint density at radius 1 is 0.983 bits per heavy atom. The zero-order valence-electron chi connectivity index (χ0n) is 35.6. The number of aromatic nitrogens is 1. The number of benzene rings is 1. The van der Waals surface area contributed by atoms with E-state index in [9.17, 15) is 19.5 Å². The number of methoxy groups -OCH3 is 3. The molecule has 13 nitrogen and oxygen atoms in total. The first-order chi connectivity index (χ1) is 27.6. The van der Waals surface area contributed by atoms with Crippen molar-refractivity contribution in [1.82, 2.24) is 5.16 Å². The van der Waals surface area contributed by atoms with Crippen molar-refractivity contribution < 1.29 is 57.2 Å². The first-order valence-corrected chi connectivity index (χ1v) is 20.6. The molecule has 11 atom stereocenters. The summed E-state index contributed by atoms with van der Waals surface area (Å²) in [5.74, 6) is -3.19. The molecule has 58 heavy (non-hydrogen) atoms. The molecular formula is C45H63NO12. The van der Waals surface area contributed by atoms with Crippen LogP contribution in [0.25, 0.3) is 0 Å². The number of carbonyl (C=O) groups excluding carboxylic acids is 3. The van der Waals surface area contributed by atoms with Crippen molar-refractivity contribution in [3.8, 4) is 5.75 Å². The van der Waals surface area contributed by atoms with Crippen molar-refractivity contribution in [3.63, 3.8) is 0 Å². The normalized spacial score (nSPS) is 33.6. The predicted octanol–water partition coefficient (Wildman–Crippen LogP) is 6.98. The SMILES string of the molecule is COC(=O)/C=C1\CC2O[C@@](OC)(C1)[C@H](C)C(=O)O[C@H]1C[C@@H](C=C(C)C)O[C@@H](Cc3cc(on3)[C@H](C)CCC(=O)[C@H](C)[C@H](O)CC[C@H]2OCc2ccc(OC)cc2)[C@H]1C. The van der Waals surface area contributed by atoms with Gasteiger partial charge < -0.3 is 42.8 Å². The molecule has 0 amide bonds. The van der Waals surface area contributed by atoms with Gasteiger partial charge in [-0.05, 0) is 64.2 Å². The van der Waals surface area contributed by atoms with Crippen molar-refractivity contribution in [2.24, 2.45) is 17.8 Å². The summed E-state index contributed by atoms with van der Waals surface area (Å²) < 4.78 is 48.7. The number of ether oxygens (including phenoxy) is 7. The Morgan fingerprint density at radius 2 is 1.72 bits per heavy atom. The molecule has 320 valence electrons. The Bertz CT molecular complexity index is 1750. The summed E-state index contributed by atoms with van der Waals surface area (Å²) in [5, 5.41) is 15.8. The molecule has 6 bridgehead atoms. The van der Waals surface area contributed by atoms with E-state index in [0.717, 1.165) is 11.1 Å². The van der Waals surface area contributed by atoms with E-state index in [-0.39, 0.29) is 62.1 Å². The first kappa shape index (κ1) is 45.2. The number of ketones is 1. The van der Waals surface area contributed by atoms with E-state index in [2.05, 4.69) is 5.16 Å². The van der Waals surface area contributed by atoms with E-state index in [1.54, 1.807) is 21.0 Å². The van der Waals surface area contributed by atoms with Crippen LogP contribution in [-0.4, -0.2) is 91.7 Å². The van der Waals surface area contributed by atoms with Crippen LogP contribution in [0.15, 0.2) is 58.2 Å². The van der Waals surface area contributed by atoms with Gasteiger partial charge in [-0.2, -0.15) is 0 Å². The summed E-state index contributed by atoms with van der Waals surface area (Å²) in [5.41, 5.74) is 3.31. The lowest BCUT2D eigenvalue weighted by atomic mass is 9.84. The monoisotopic (exact) mass is 809 g/mol. The fourth-order valence-corrected chi connectivity index (χ4v) is 8.16. The van der Waals surface area contributed by atoms with E-state index < -0.39 is 54.0 Å². The quantitative estimate of drug-likeness (QED) is 0.173. The summed E-state index contributed by atoms with van der Waals surface area (Å²) in [6.45, 7) is 11.7. The van der Waals surface area contributed by atoms with Crippen LogP contribution in [0.3, 0.4) is 0 Å². The summed E-state index contributed by atoms with van der Waals surface area (Å²) in [7, 11) is 4.38. The maximum atomic E-state index is 14.4. The minimum Gasteiger partial charge on any atom is -0.497 e. The highest BCUT2D eigenvalue weighted by Gasteiger charge is 2.51. The van der Waals surface area contributed by atoms with Gasteiger partial charge in [-0.1, -0.05) is 55.3 Å². The molecule has 3 aliphatic rings. The Balaban J connectivity index is 1.53. The molecule has 2 aromatic rings. The van der Waals surface area contributed by atoms with Crippen LogP contribution in [0, 0.1) is 17.8 Å². The number of aliphatic hydroxyl groups excluding tert-OH is 1. The molecule has 1 N–H and O–H groups in total. The fraction of sp³-hybridized carbons (Fsp3) is 0.644. The number of fused-ring (bicyclic) bond motifs is 6. The molecule has 5 rings (SSSR count). The molecule has 0 radical (unpaired) electrons. The van der Waals surface area contributed by atoms with Crippen LogP contribution in [0.1, 0.15) is 109 Å². The number of allylic oxidation sites excluding steroid dienone is 1. The Morgan fingerprint density at radius 3 is 2.40 bits per heavy atom. The molecule has 0 spiro atoms. The highest BCUT2D eigenvalue weighted by atomic mass is 16.7. The maximum Gasteiger partial charge on any atom is 0.330 e. The van der Waals surface area contributed by atoms with Gasteiger partial charge in [0, 0.05) is 62.7 Å². The fourth-order valence-electron chi connectivity index (χ4n) is 8.16. The minimum absolute atomic E-state index is 0.0549. The smallest absolute Gasteiger partial charge is 0.330 e. The minimum atomic E-state index is -1.55. The third-order valence-electron chi connectivity index (χ3n) is 12.1. The number of nitrogens with zero attached hydrogens (tertiary/aromatic N) is 1. The Kier molecular flexibility index (Phi) is 15.9. The van der Waals surface area contributed by atoms with E-state index in [0.29, 0.717) is 48.5 Å². The average Bonchev–Trinajstić information content (AvgIpc) is 3.68. The highest BCUT2D eigenvalue weighted by Crippen LogP contribution is 2.42. The number of aliphatic hydroxyl groups is 1. The summed E-state index contributed by atoms with van der Waals surface area (Å²) in [6, 6.07) is 9.40. The van der Waals surface area contributed by atoms with Crippen molar-refractivity contribution in [1.29, 1.82) is 0 Å². The van der Waals surface area contributed by atoms with Crippen LogP contribution in [0.5, 0.6) is 5.75 Å². The van der Waals surface area contributed by atoms with Crippen LogP contribution >= 0.6 is 0 Å². The largest absolute Gasteiger partial charge is 0.497 e. The van der Waals surface area contributed by atoms with Gasteiger partial charge in [-0.3, -0.25) is 9.59 Å².